The van der Waals surface area contributed by atoms with Crippen molar-refractivity contribution in [2.75, 3.05) is 31.3 Å². The van der Waals surface area contributed by atoms with Crippen LogP contribution in [-0.2, 0) is 66.2 Å². The average molecular weight is 1100 g/mol. The van der Waals surface area contributed by atoms with Crippen molar-refractivity contribution in [3.8, 4) is 0 Å². The third kappa shape index (κ3) is 11.0. The summed E-state index contributed by atoms with van der Waals surface area (Å²) in [5.74, 6) is -0.503. The van der Waals surface area contributed by atoms with E-state index in [1.165, 1.54) is 17.9 Å². The van der Waals surface area contributed by atoms with Crippen molar-refractivity contribution in [2.24, 2.45) is 7.05 Å². The molecular weight excluding hydrogens is 1060 g/mol. The summed E-state index contributed by atoms with van der Waals surface area (Å²) in [4.78, 5) is 97.6. The number of aromatic nitrogens is 10. The number of ether oxygens (including phenoxy) is 3. The monoisotopic (exact) mass is 1100 g/mol. The van der Waals surface area contributed by atoms with E-state index in [4.69, 9.17) is 39.2 Å². The Bertz CT molecular complexity index is 3210. The number of aromatic amines is 2. The first-order chi connectivity index (χ1) is 33.1. The number of phosphoric acid groups is 4. The normalized spacial score (nSPS) is 31.4. The number of halogens is 1. The van der Waals surface area contributed by atoms with Crippen molar-refractivity contribution < 1.29 is 108 Å². The number of nitrogens with zero attached hydrogens (tertiary/aromatic N) is 8. The van der Waals surface area contributed by atoms with Gasteiger partial charge in [0.25, 0.3) is 16.7 Å². The minimum atomic E-state index is -6.24. The van der Waals surface area contributed by atoms with E-state index in [9.17, 15) is 72.6 Å². The van der Waals surface area contributed by atoms with Gasteiger partial charge in [0.15, 0.2) is 30.1 Å². The molecule has 3 fully saturated rings. The molecule has 0 bridgehead atoms. The summed E-state index contributed by atoms with van der Waals surface area (Å²) in [7, 11) is -22.3. The van der Waals surface area contributed by atoms with Gasteiger partial charge in [0, 0.05) is 12.3 Å². The van der Waals surface area contributed by atoms with Crippen LogP contribution in [0.25, 0.3) is 22.3 Å². The Balaban J connectivity index is 0.917. The van der Waals surface area contributed by atoms with E-state index in [1.54, 1.807) is 0 Å². The van der Waals surface area contributed by atoms with Gasteiger partial charge in [0.1, 0.15) is 60.7 Å². The highest BCUT2D eigenvalue weighted by atomic mass is 31.3. The number of aryl methyl sites for hydroxylation is 1. The Hall–Kier alpha value is -4.65. The number of rotatable bonds is 18. The number of fused-ring (bicyclic) bond motifs is 2. The summed E-state index contributed by atoms with van der Waals surface area (Å²) in [6.07, 6.45) is -19.0. The van der Waals surface area contributed by atoms with E-state index in [1.807, 2.05) is 4.98 Å². The molecule has 0 spiro atoms. The Labute approximate surface area is 391 Å². The van der Waals surface area contributed by atoms with Crippen LogP contribution in [0.5, 0.6) is 0 Å². The first kappa shape index (κ1) is 52.7. The summed E-state index contributed by atoms with van der Waals surface area (Å²) in [6, 6.07) is 0.893. The van der Waals surface area contributed by atoms with Crippen LogP contribution in [0.2, 0.25) is 0 Å². The molecule has 3 saturated heterocycles. The van der Waals surface area contributed by atoms with E-state index in [0.717, 1.165) is 34.1 Å². The number of aliphatic hydroxyl groups is 4. The second-order valence-corrected chi connectivity index (χ2v) is 21.5. The molecule has 8 rings (SSSR count). The molecule has 14 N–H and O–H groups in total. The van der Waals surface area contributed by atoms with E-state index < -0.39 is 142 Å². The molecule has 10 unspecified atom stereocenters. The highest BCUT2D eigenvalue weighted by molar-refractivity contribution is 7.66. The van der Waals surface area contributed by atoms with Gasteiger partial charge in [-0.3, -0.25) is 46.8 Å². The number of alkyl halides is 1. The Morgan fingerprint density at radius 2 is 1.30 bits per heavy atom. The molecule has 0 aromatic carbocycles. The van der Waals surface area contributed by atoms with Crippen molar-refractivity contribution in [2.45, 2.75) is 73.7 Å². The molecule has 0 amide bonds. The topological polar surface area (TPSA) is 518 Å². The Morgan fingerprint density at radius 1 is 0.732 bits per heavy atom. The van der Waals surface area contributed by atoms with Gasteiger partial charge in [-0.25, -0.2) is 47.0 Å². The second-order valence-electron chi connectivity index (χ2n) is 15.5. The number of imidazole rings is 2. The lowest BCUT2D eigenvalue weighted by Gasteiger charge is -2.24. The zero-order valence-electron chi connectivity index (χ0n) is 35.4. The maximum absolute atomic E-state index is 16.4. The number of nitrogen functional groups attached to an aromatic ring is 2. The fraction of sp³-hybridized carbons (Fsp3) is 0.533. The predicted octanol–water partition coefficient (Wildman–Crippen LogP) is -4.55. The van der Waals surface area contributed by atoms with Crippen molar-refractivity contribution in [3.63, 3.8) is 0 Å². The fourth-order valence-corrected chi connectivity index (χ4v) is 12.0. The third-order valence-corrected chi connectivity index (χ3v) is 15.9. The molecule has 0 radical (unpaired) electrons. The lowest BCUT2D eigenvalue weighted by atomic mass is 10.1. The lowest BCUT2D eigenvalue weighted by molar-refractivity contribution is -0.646. The van der Waals surface area contributed by atoms with Gasteiger partial charge < -0.3 is 65.7 Å². The molecule has 36 nitrogen and oxygen atoms in total. The van der Waals surface area contributed by atoms with Crippen LogP contribution in [0.15, 0.2) is 45.6 Å². The van der Waals surface area contributed by atoms with Gasteiger partial charge in [0.2, 0.25) is 18.5 Å². The first-order valence-electron chi connectivity index (χ1n) is 19.8. The van der Waals surface area contributed by atoms with Crippen LogP contribution in [0.4, 0.5) is 16.2 Å². The molecule has 5 aromatic heterocycles. The summed E-state index contributed by atoms with van der Waals surface area (Å²) in [5, 5.41) is 42.4. The number of hydrogen-bond acceptors (Lipinski definition) is 26. The molecule has 71 heavy (non-hydrogen) atoms. The van der Waals surface area contributed by atoms with Gasteiger partial charge in [0.05, 0.1) is 33.2 Å². The molecule has 16 atom stereocenters. The van der Waals surface area contributed by atoms with Crippen molar-refractivity contribution in [3.05, 3.63) is 62.4 Å². The fourth-order valence-electron chi connectivity index (χ4n) is 7.52. The quantitative estimate of drug-likeness (QED) is 0.0290. The average Bonchev–Trinajstić information content (AvgIpc) is 4.05. The summed E-state index contributed by atoms with van der Waals surface area (Å²) in [6.45, 7) is -3.72. The van der Waals surface area contributed by atoms with Crippen LogP contribution in [0.1, 0.15) is 18.7 Å². The van der Waals surface area contributed by atoms with Crippen molar-refractivity contribution in [1.82, 2.24) is 43.6 Å². The van der Waals surface area contributed by atoms with E-state index in [0.29, 0.717) is 4.57 Å². The van der Waals surface area contributed by atoms with Gasteiger partial charge in [-0.05, 0) is 0 Å². The summed E-state index contributed by atoms with van der Waals surface area (Å²) in [5.41, 5.74) is 8.49. The molecule has 390 valence electrons. The molecule has 5 aromatic rings. The number of aliphatic hydroxyl groups excluding tert-OH is 4. The molecule has 8 heterocycles. The van der Waals surface area contributed by atoms with E-state index in [2.05, 4.69) is 38.1 Å². The zero-order chi connectivity index (χ0) is 51.7. The largest absolute Gasteiger partial charge is 0.490 e. The molecule has 0 saturated carbocycles. The predicted molar refractivity (Wildman–Crippen MR) is 222 cm³/mol. The summed E-state index contributed by atoms with van der Waals surface area (Å²) < 4.78 is 116. The number of anilines is 2. The van der Waals surface area contributed by atoms with Crippen molar-refractivity contribution >= 4 is 65.4 Å². The Morgan fingerprint density at radius 3 is 1.90 bits per heavy atom. The van der Waals surface area contributed by atoms with Crippen LogP contribution in [0, 0.1) is 0 Å². The highest BCUT2D eigenvalue weighted by Crippen LogP contribution is 2.68. The second kappa shape index (κ2) is 19.7. The molecule has 3 aliphatic heterocycles. The molecule has 0 aliphatic carbocycles. The SMILES string of the molecule is C[n+]1cn([C@@H]2O[C@H](COP(=O)(O)OP(=O)(O)OP(=O)(O)OC[C@H]3O[C@@H](n4cnc5c(N)ncnc54)C(F)C3OP(=O)(O)OC[C@H]3O[C@@H](n4ccc(=O)[nH]c4=O)C(O)C3O)C(O)C2O)c2nc(N)[nH]c(=O)c21. The van der Waals surface area contributed by atoms with Crippen LogP contribution in [-0.4, -0.2) is 158 Å². The minimum Gasteiger partial charge on any atom is -0.387 e. The van der Waals surface area contributed by atoms with E-state index >= 15 is 4.39 Å². The van der Waals surface area contributed by atoms with Gasteiger partial charge in [-0.2, -0.15) is 18.2 Å². The smallest absolute Gasteiger partial charge is 0.387 e. The number of nitrogens with one attached hydrogen (secondary N) is 2. The van der Waals surface area contributed by atoms with Gasteiger partial charge in [-0.15, -0.1) is 0 Å². The van der Waals surface area contributed by atoms with Crippen LogP contribution < -0.4 is 32.8 Å². The minimum absolute atomic E-state index is 0.0373. The molecular formula is C30H40FN12O24P4+. The van der Waals surface area contributed by atoms with Gasteiger partial charge in [-0.1, -0.05) is 0 Å². The number of phosphoric ester groups is 3. The maximum Gasteiger partial charge on any atom is 0.490 e. The first-order valence-corrected chi connectivity index (χ1v) is 25.8. The number of nitrogens with two attached hydrogens (primary N) is 2. The van der Waals surface area contributed by atoms with Crippen molar-refractivity contribution in [1.29, 1.82) is 0 Å². The molecule has 3 aliphatic rings. The number of hydrogen-bond donors (Lipinski definition) is 12. The number of H-pyrrole nitrogens is 2. The van der Waals surface area contributed by atoms with Crippen LogP contribution in [0.3, 0.4) is 0 Å². The third-order valence-electron chi connectivity index (χ3n) is 10.7. The summed E-state index contributed by atoms with van der Waals surface area (Å²) >= 11 is 0. The standard InChI is InChI=1S/C30H39FN12O24P4/c1-40-9-43(24-16(40)25(49)39-29(33)38-24)28-20(48)18(46)11(63-28)5-60-69(53,54)66-71(57,58)67-70(55,56)61-6-12-21(14(31)26(64-12)42-8-36-15-22(32)34-7-35-23(15)42)65-68(51,52)59-4-10-17(45)19(47)27(62-10)41-3-2-13(44)37-30(41)50/h2-3,7-12,14,17-21,26-28,45-48H,4-6H2,1H3,(H9-,32,33,34,35,37,38,39,44,49,50,51,52,53,54,55,56,57,58)/p+1/t10-,11-,12-,14?,17?,18?,19?,20?,21?,26-,27-,28-/m1/s1. The lowest BCUT2D eigenvalue weighted by Crippen LogP contribution is -2.37. The van der Waals surface area contributed by atoms with E-state index in [-0.39, 0.29) is 34.1 Å². The van der Waals surface area contributed by atoms with Crippen LogP contribution >= 0.6 is 31.3 Å². The maximum atomic E-state index is 16.4. The molecule has 41 heteroatoms. The van der Waals surface area contributed by atoms with Gasteiger partial charge >= 0.3 is 42.5 Å². The Kier molecular flexibility index (Phi) is 14.6. The zero-order valence-corrected chi connectivity index (χ0v) is 39.0. The highest BCUT2D eigenvalue weighted by Gasteiger charge is 2.54.